The lowest BCUT2D eigenvalue weighted by atomic mass is 10.2. The number of thiophene rings is 1. The van der Waals surface area contributed by atoms with E-state index in [2.05, 4.69) is 22.8 Å². The topological polar surface area (TPSA) is 25.2 Å². The molecule has 0 saturated carbocycles. The summed E-state index contributed by atoms with van der Waals surface area (Å²) in [5.41, 5.74) is 1.17. The minimum absolute atomic E-state index is 0.141. The lowest BCUT2D eigenvalue weighted by Gasteiger charge is -2.16. The van der Waals surface area contributed by atoms with Gasteiger partial charge in [-0.1, -0.05) is 29.8 Å². The molecule has 0 spiro atoms. The van der Waals surface area contributed by atoms with Crippen LogP contribution in [0.2, 0.25) is 4.34 Å². The maximum atomic E-state index is 12.3. The lowest BCUT2D eigenvalue weighted by Crippen LogP contribution is -2.26. The highest BCUT2D eigenvalue weighted by molar-refractivity contribution is 7.16. The van der Waals surface area contributed by atoms with Crippen molar-refractivity contribution in [1.82, 2.24) is 9.47 Å². The van der Waals surface area contributed by atoms with Crippen molar-refractivity contribution in [1.29, 1.82) is 0 Å². The molecule has 114 valence electrons. The summed E-state index contributed by atoms with van der Waals surface area (Å²) < 4.78 is 2.89. The van der Waals surface area contributed by atoms with Crippen LogP contribution in [0.4, 0.5) is 0 Å². The molecule has 0 radical (unpaired) electrons. The van der Waals surface area contributed by atoms with Gasteiger partial charge in [0.15, 0.2) is 0 Å². The molecule has 5 heteroatoms. The van der Waals surface area contributed by atoms with Gasteiger partial charge in [0.25, 0.3) is 0 Å². The van der Waals surface area contributed by atoms with Crippen molar-refractivity contribution in [3.8, 4) is 0 Å². The van der Waals surface area contributed by atoms with Crippen LogP contribution < -0.4 is 0 Å². The number of rotatable bonds is 5. The molecule has 0 saturated heterocycles. The molecule has 3 rings (SSSR count). The normalized spacial score (nSPS) is 11.0. The standard InChI is InChI=1S/C17H17ClN2OS/c1-19(12-14-6-7-16(18)22-14)17(21)9-11-20-10-8-13-4-2-3-5-15(13)20/h2-8,10H,9,11-12H2,1H3. The van der Waals surface area contributed by atoms with Crippen molar-refractivity contribution in [3.63, 3.8) is 0 Å². The molecule has 0 aliphatic rings. The minimum Gasteiger partial charge on any atom is -0.347 e. The number of carbonyl (C=O) groups is 1. The number of fused-ring (bicyclic) bond motifs is 1. The Morgan fingerprint density at radius 3 is 2.82 bits per heavy atom. The summed E-state index contributed by atoms with van der Waals surface area (Å²) in [5, 5.41) is 1.21. The molecule has 22 heavy (non-hydrogen) atoms. The van der Waals surface area contributed by atoms with Gasteiger partial charge in [-0.05, 0) is 29.7 Å². The van der Waals surface area contributed by atoms with E-state index in [4.69, 9.17) is 11.6 Å². The molecule has 0 aliphatic carbocycles. The quantitative estimate of drug-likeness (QED) is 0.679. The van der Waals surface area contributed by atoms with E-state index < -0.39 is 0 Å². The Labute approximate surface area is 138 Å². The summed E-state index contributed by atoms with van der Waals surface area (Å²) >= 11 is 7.44. The van der Waals surface area contributed by atoms with Gasteiger partial charge in [-0.3, -0.25) is 4.79 Å². The van der Waals surface area contributed by atoms with Gasteiger partial charge in [-0.15, -0.1) is 11.3 Å². The van der Waals surface area contributed by atoms with Crippen LogP contribution in [0, 0.1) is 0 Å². The molecule has 1 amide bonds. The summed E-state index contributed by atoms with van der Waals surface area (Å²) in [5.74, 6) is 0.141. The number of hydrogen-bond donors (Lipinski definition) is 0. The first kappa shape index (κ1) is 15.1. The highest BCUT2D eigenvalue weighted by Crippen LogP contribution is 2.22. The fourth-order valence-corrected chi connectivity index (χ4v) is 3.64. The molecule has 1 aromatic carbocycles. The fraction of sp³-hybridized carbons (Fsp3) is 0.235. The second kappa shape index (κ2) is 6.55. The molecular weight excluding hydrogens is 316 g/mol. The van der Waals surface area contributed by atoms with E-state index in [1.54, 1.807) is 4.90 Å². The van der Waals surface area contributed by atoms with E-state index in [-0.39, 0.29) is 5.91 Å². The molecule has 0 N–H and O–H groups in total. The molecule has 0 unspecified atom stereocenters. The van der Waals surface area contributed by atoms with E-state index in [9.17, 15) is 4.79 Å². The first-order valence-corrected chi connectivity index (χ1v) is 8.35. The zero-order chi connectivity index (χ0) is 15.5. The Hall–Kier alpha value is -1.78. The van der Waals surface area contributed by atoms with E-state index in [1.165, 1.54) is 22.2 Å². The lowest BCUT2D eigenvalue weighted by molar-refractivity contribution is -0.130. The Kier molecular flexibility index (Phi) is 4.50. The molecule has 0 aliphatic heterocycles. The number of nitrogens with zero attached hydrogens (tertiary/aromatic N) is 2. The van der Waals surface area contributed by atoms with Crippen LogP contribution in [0.15, 0.2) is 48.7 Å². The minimum atomic E-state index is 0.141. The first-order chi connectivity index (χ1) is 10.6. The summed E-state index contributed by atoms with van der Waals surface area (Å²) in [4.78, 5) is 15.1. The van der Waals surface area contributed by atoms with Gasteiger partial charge in [-0.25, -0.2) is 0 Å². The number of amides is 1. The maximum Gasteiger partial charge on any atom is 0.224 e. The van der Waals surface area contributed by atoms with Crippen LogP contribution in [0.3, 0.4) is 0 Å². The average molecular weight is 333 g/mol. The van der Waals surface area contributed by atoms with Crippen LogP contribution in [0.25, 0.3) is 10.9 Å². The molecule has 3 nitrogen and oxygen atoms in total. The number of benzene rings is 1. The van der Waals surface area contributed by atoms with Crippen molar-refractivity contribution in [3.05, 3.63) is 57.9 Å². The Morgan fingerprint density at radius 1 is 1.23 bits per heavy atom. The van der Waals surface area contributed by atoms with Crippen LogP contribution in [0.5, 0.6) is 0 Å². The van der Waals surface area contributed by atoms with Crippen molar-refractivity contribution in [2.45, 2.75) is 19.5 Å². The third-order valence-corrected chi connectivity index (χ3v) is 4.91. The third-order valence-electron chi connectivity index (χ3n) is 3.69. The van der Waals surface area contributed by atoms with Crippen LogP contribution in [-0.2, 0) is 17.9 Å². The molecule has 2 aromatic heterocycles. The number of hydrogen-bond acceptors (Lipinski definition) is 2. The SMILES string of the molecule is CN(Cc1ccc(Cl)s1)C(=O)CCn1ccc2ccccc21. The van der Waals surface area contributed by atoms with Gasteiger partial charge in [0, 0.05) is 36.6 Å². The van der Waals surface area contributed by atoms with Gasteiger partial charge in [0.05, 0.1) is 10.9 Å². The Bertz CT molecular complexity index is 793. The smallest absolute Gasteiger partial charge is 0.224 e. The predicted molar refractivity (Wildman–Crippen MR) is 92.4 cm³/mol. The van der Waals surface area contributed by atoms with E-state index in [0.29, 0.717) is 19.5 Å². The van der Waals surface area contributed by atoms with Crippen molar-refractivity contribution >= 4 is 39.7 Å². The van der Waals surface area contributed by atoms with E-state index >= 15 is 0 Å². The third kappa shape index (κ3) is 3.34. The molecule has 3 aromatic rings. The molecular formula is C17H17ClN2OS. The molecule has 2 heterocycles. The maximum absolute atomic E-state index is 12.3. The van der Waals surface area contributed by atoms with Gasteiger partial charge < -0.3 is 9.47 Å². The van der Waals surface area contributed by atoms with Crippen molar-refractivity contribution < 1.29 is 4.79 Å². The Balaban J connectivity index is 1.59. The fourth-order valence-electron chi connectivity index (χ4n) is 2.50. The molecule has 0 fully saturated rings. The van der Waals surface area contributed by atoms with Crippen LogP contribution in [0.1, 0.15) is 11.3 Å². The highest BCUT2D eigenvalue weighted by Gasteiger charge is 2.11. The van der Waals surface area contributed by atoms with E-state index in [1.807, 2.05) is 37.5 Å². The van der Waals surface area contributed by atoms with E-state index in [0.717, 1.165) is 9.21 Å². The number of aryl methyl sites for hydroxylation is 1. The zero-order valence-corrected chi connectivity index (χ0v) is 13.9. The second-order valence-corrected chi connectivity index (χ2v) is 7.07. The largest absolute Gasteiger partial charge is 0.347 e. The van der Waals surface area contributed by atoms with Gasteiger partial charge >= 0.3 is 0 Å². The van der Waals surface area contributed by atoms with Crippen LogP contribution in [-0.4, -0.2) is 22.4 Å². The van der Waals surface area contributed by atoms with Crippen molar-refractivity contribution in [2.75, 3.05) is 7.05 Å². The van der Waals surface area contributed by atoms with Gasteiger partial charge in [0.1, 0.15) is 0 Å². The average Bonchev–Trinajstić information content (AvgIpc) is 3.11. The van der Waals surface area contributed by atoms with Crippen LogP contribution >= 0.6 is 22.9 Å². The first-order valence-electron chi connectivity index (χ1n) is 7.15. The van der Waals surface area contributed by atoms with Gasteiger partial charge in [-0.2, -0.15) is 0 Å². The highest BCUT2D eigenvalue weighted by atomic mass is 35.5. The summed E-state index contributed by atoms with van der Waals surface area (Å²) in [7, 11) is 1.84. The zero-order valence-electron chi connectivity index (χ0n) is 12.3. The second-order valence-electron chi connectivity index (χ2n) is 5.27. The Morgan fingerprint density at radius 2 is 2.05 bits per heavy atom. The van der Waals surface area contributed by atoms with Gasteiger partial charge in [0.2, 0.25) is 5.91 Å². The number of halogens is 1. The molecule has 0 bridgehead atoms. The van der Waals surface area contributed by atoms with Crippen molar-refractivity contribution in [2.24, 2.45) is 0 Å². The number of carbonyl (C=O) groups excluding carboxylic acids is 1. The number of aromatic nitrogens is 1. The monoisotopic (exact) mass is 332 g/mol. The number of para-hydroxylation sites is 1. The summed E-state index contributed by atoms with van der Waals surface area (Å²) in [6.45, 7) is 1.31. The predicted octanol–water partition coefficient (Wildman–Crippen LogP) is 4.40. The molecule has 0 atom stereocenters. The summed E-state index contributed by atoms with van der Waals surface area (Å²) in [6, 6.07) is 14.1. The summed E-state index contributed by atoms with van der Waals surface area (Å²) in [6.07, 6.45) is 2.53.